The zero-order valence-corrected chi connectivity index (χ0v) is 16.8. The number of amides is 2. The van der Waals surface area contributed by atoms with Crippen molar-refractivity contribution in [1.82, 2.24) is 0 Å². The van der Waals surface area contributed by atoms with Gasteiger partial charge >= 0.3 is 0 Å². The van der Waals surface area contributed by atoms with Gasteiger partial charge in [0.1, 0.15) is 5.92 Å². The third-order valence-corrected chi connectivity index (χ3v) is 5.77. The third-order valence-electron chi connectivity index (χ3n) is 5.53. The van der Waals surface area contributed by atoms with Crippen LogP contribution in [0.15, 0.2) is 72.8 Å². The van der Waals surface area contributed by atoms with E-state index in [1.807, 2.05) is 18.2 Å². The molecule has 8 heteroatoms. The van der Waals surface area contributed by atoms with Gasteiger partial charge in [-0.25, -0.2) is 9.96 Å². The number of phenolic OH excluding ortho intramolecular Hbond substituents is 2. The van der Waals surface area contributed by atoms with Gasteiger partial charge in [-0.05, 0) is 48.0 Å². The van der Waals surface area contributed by atoms with Crippen LogP contribution in [-0.2, 0) is 14.4 Å². The molecule has 2 amide bonds. The molecule has 7 nitrogen and oxygen atoms in total. The SMILES string of the molecule is O=C1[C@H]2[C@@H](c3ccc(O)c(O)c3)N(c3ccccc3)O[C@H]2C(=O)N1c1cccc(Cl)c1. The highest BCUT2D eigenvalue weighted by Crippen LogP contribution is 2.48. The lowest BCUT2D eigenvalue weighted by Gasteiger charge is -2.28. The molecular weight excluding hydrogens is 420 g/mol. The van der Waals surface area contributed by atoms with Crippen molar-refractivity contribution in [2.45, 2.75) is 12.1 Å². The summed E-state index contributed by atoms with van der Waals surface area (Å²) < 4.78 is 0. The van der Waals surface area contributed by atoms with Crippen molar-refractivity contribution < 1.29 is 24.6 Å². The molecule has 2 aliphatic heterocycles. The highest BCUT2D eigenvalue weighted by Gasteiger charge is 2.60. The maximum Gasteiger partial charge on any atom is 0.266 e. The van der Waals surface area contributed by atoms with Crippen LogP contribution in [0.3, 0.4) is 0 Å². The molecule has 5 rings (SSSR count). The van der Waals surface area contributed by atoms with E-state index in [9.17, 15) is 19.8 Å². The average Bonchev–Trinajstić information content (AvgIpc) is 3.27. The quantitative estimate of drug-likeness (QED) is 0.479. The number of hydrogen-bond acceptors (Lipinski definition) is 6. The summed E-state index contributed by atoms with van der Waals surface area (Å²) in [5, 5.41) is 21.7. The summed E-state index contributed by atoms with van der Waals surface area (Å²) in [5.41, 5.74) is 1.56. The summed E-state index contributed by atoms with van der Waals surface area (Å²) in [6.07, 6.45) is -1.03. The summed E-state index contributed by atoms with van der Waals surface area (Å²) in [6, 6.07) is 19.2. The monoisotopic (exact) mass is 436 g/mol. The number of rotatable bonds is 3. The fourth-order valence-electron chi connectivity index (χ4n) is 4.15. The van der Waals surface area contributed by atoms with Gasteiger partial charge in [-0.2, -0.15) is 0 Å². The minimum atomic E-state index is -1.03. The van der Waals surface area contributed by atoms with Crippen LogP contribution < -0.4 is 9.96 Å². The lowest BCUT2D eigenvalue weighted by Crippen LogP contribution is -2.37. The third kappa shape index (κ3) is 3.10. The van der Waals surface area contributed by atoms with Crippen molar-refractivity contribution in [3.63, 3.8) is 0 Å². The fraction of sp³-hybridized carbons (Fsp3) is 0.130. The summed E-state index contributed by atoms with van der Waals surface area (Å²) in [6.45, 7) is 0. The number of halogens is 1. The van der Waals surface area contributed by atoms with Gasteiger partial charge in [-0.3, -0.25) is 14.4 Å². The van der Waals surface area contributed by atoms with E-state index in [1.165, 1.54) is 17.2 Å². The molecule has 0 unspecified atom stereocenters. The lowest BCUT2D eigenvalue weighted by atomic mass is 9.90. The number of carbonyl (C=O) groups excluding carboxylic acids is 2. The number of hydroxylamine groups is 1. The van der Waals surface area contributed by atoms with Crippen LogP contribution in [0.5, 0.6) is 11.5 Å². The number of benzene rings is 3. The first kappa shape index (κ1) is 19.4. The molecule has 3 atom stereocenters. The van der Waals surface area contributed by atoms with Crippen LogP contribution in [0.2, 0.25) is 5.02 Å². The predicted molar refractivity (Wildman–Crippen MR) is 114 cm³/mol. The largest absolute Gasteiger partial charge is 0.504 e. The van der Waals surface area contributed by atoms with E-state index in [0.29, 0.717) is 22.0 Å². The standard InChI is InChI=1S/C23H17ClN2O5/c24-14-5-4-8-16(12-14)25-22(29)19-20(13-9-10-17(27)18(28)11-13)26(31-21(19)23(25)30)15-6-2-1-3-7-15/h1-12,19-21,27-28H/t19-,20+,21+/m0/s1. The zero-order valence-electron chi connectivity index (χ0n) is 16.1. The Morgan fingerprint density at radius 3 is 2.26 bits per heavy atom. The number of hydrogen-bond donors (Lipinski definition) is 2. The zero-order chi connectivity index (χ0) is 21.7. The van der Waals surface area contributed by atoms with E-state index in [2.05, 4.69) is 0 Å². The van der Waals surface area contributed by atoms with Crippen LogP contribution in [0.4, 0.5) is 11.4 Å². The molecule has 0 radical (unpaired) electrons. The predicted octanol–water partition coefficient (Wildman–Crippen LogP) is 3.80. The first-order valence-electron chi connectivity index (χ1n) is 9.62. The van der Waals surface area contributed by atoms with Crippen molar-refractivity contribution in [1.29, 1.82) is 0 Å². The highest BCUT2D eigenvalue weighted by molar-refractivity contribution is 6.31. The number of fused-ring (bicyclic) bond motifs is 1. The molecule has 2 heterocycles. The van der Waals surface area contributed by atoms with Gasteiger partial charge in [0.25, 0.3) is 5.91 Å². The molecule has 2 fully saturated rings. The number of aromatic hydroxyl groups is 2. The number of phenols is 2. The minimum Gasteiger partial charge on any atom is -0.504 e. The Hall–Kier alpha value is -3.55. The summed E-state index contributed by atoms with van der Waals surface area (Å²) in [7, 11) is 0. The van der Waals surface area contributed by atoms with E-state index in [-0.39, 0.29) is 11.5 Å². The number of para-hydroxylation sites is 1. The van der Waals surface area contributed by atoms with Crippen molar-refractivity contribution in [2.75, 3.05) is 9.96 Å². The fourth-order valence-corrected chi connectivity index (χ4v) is 4.33. The summed E-state index contributed by atoms with van der Waals surface area (Å²) in [5.74, 6) is -2.36. The maximum atomic E-state index is 13.5. The molecule has 0 saturated carbocycles. The molecule has 3 aromatic carbocycles. The van der Waals surface area contributed by atoms with E-state index in [4.69, 9.17) is 16.4 Å². The van der Waals surface area contributed by atoms with Gasteiger partial charge < -0.3 is 10.2 Å². The van der Waals surface area contributed by atoms with Gasteiger partial charge in [0.2, 0.25) is 5.91 Å². The first-order valence-corrected chi connectivity index (χ1v) is 10.00. The Morgan fingerprint density at radius 1 is 0.806 bits per heavy atom. The van der Waals surface area contributed by atoms with E-state index in [0.717, 1.165) is 4.90 Å². The van der Waals surface area contributed by atoms with Crippen molar-refractivity contribution in [3.05, 3.63) is 83.4 Å². The average molecular weight is 437 g/mol. The Balaban J connectivity index is 1.61. The van der Waals surface area contributed by atoms with Gasteiger partial charge in [0.15, 0.2) is 17.6 Å². The summed E-state index contributed by atoms with van der Waals surface area (Å²) in [4.78, 5) is 33.8. The number of anilines is 2. The van der Waals surface area contributed by atoms with Gasteiger partial charge in [-0.1, -0.05) is 41.9 Å². The Morgan fingerprint density at radius 2 is 1.55 bits per heavy atom. The van der Waals surface area contributed by atoms with Crippen LogP contribution in [0, 0.1) is 5.92 Å². The Bertz CT molecular complexity index is 1190. The smallest absolute Gasteiger partial charge is 0.266 e. The summed E-state index contributed by atoms with van der Waals surface area (Å²) >= 11 is 6.06. The van der Waals surface area contributed by atoms with Crippen molar-refractivity contribution >= 4 is 34.8 Å². The van der Waals surface area contributed by atoms with Crippen LogP contribution >= 0.6 is 11.6 Å². The molecule has 156 valence electrons. The van der Waals surface area contributed by atoms with Crippen molar-refractivity contribution in [2.24, 2.45) is 5.92 Å². The lowest BCUT2D eigenvalue weighted by molar-refractivity contribution is -0.126. The van der Waals surface area contributed by atoms with E-state index in [1.54, 1.807) is 42.5 Å². The van der Waals surface area contributed by atoms with Gasteiger partial charge in [0.05, 0.1) is 17.4 Å². The molecule has 0 aliphatic carbocycles. The van der Waals surface area contributed by atoms with Crippen molar-refractivity contribution in [3.8, 4) is 11.5 Å². The van der Waals surface area contributed by atoms with Crippen LogP contribution in [-0.4, -0.2) is 28.1 Å². The molecule has 3 aromatic rings. The molecule has 0 aromatic heterocycles. The minimum absolute atomic E-state index is 0.278. The first-order chi connectivity index (χ1) is 15.0. The molecule has 2 N–H and O–H groups in total. The number of imide groups is 1. The van der Waals surface area contributed by atoms with E-state index < -0.39 is 29.9 Å². The second-order valence-electron chi connectivity index (χ2n) is 7.40. The number of carbonyl (C=O) groups is 2. The molecule has 0 spiro atoms. The topological polar surface area (TPSA) is 90.3 Å². The maximum absolute atomic E-state index is 13.5. The Kier molecular flexibility index (Phi) is 4.57. The second kappa shape index (κ2) is 7.30. The Labute approximate surface area is 182 Å². The molecule has 0 bridgehead atoms. The number of nitrogens with zero attached hydrogens (tertiary/aromatic N) is 2. The molecule has 2 aliphatic rings. The molecule has 2 saturated heterocycles. The molecule has 31 heavy (non-hydrogen) atoms. The van der Waals surface area contributed by atoms with Gasteiger partial charge in [0, 0.05) is 5.02 Å². The van der Waals surface area contributed by atoms with Crippen LogP contribution in [0.25, 0.3) is 0 Å². The normalized spacial score (nSPS) is 22.8. The van der Waals surface area contributed by atoms with Gasteiger partial charge in [-0.15, -0.1) is 0 Å². The second-order valence-corrected chi connectivity index (χ2v) is 7.83. The molecular formula is C23H17ClN2O5. The highest BCUT2D eigenvalue weighted by atomic mass is 35.5. The van der Waals surface area contributed by atoms with E-state index >= 15 is 0 Å². The van der Waals surface area contributed by atoms with Crippen LogP contribution in [0.1, 0.15) is 11.6 Å².